The molecule has 6 heteroatoms. The molecule has 1 N–H and O–H groups in total. The van der Waals surface area contributed by atoms with Crippen LogP contribution in [0.15, 0.2) is 24.3 Å². The first-order chi connectivity index (χ1) is 11.6. The Bertz CT molecular complexity index is 556. The van der Waals surface area contributed by atoms with Crippen LogP contribution in [-0.4, -0.2) is 49.6 Å². The highest BCUT2D eigenvalue weighted by atomic mass is 16.5. The monoisotopic (exact) mass is 334 g/mol. The first-order valence-electron chi connectivity index (χ1n) is 8.40. The summed E-state index contributed by atoms with van der Waals surface area (Å²) in [4.78, 5) is 25.9. The number of methoxy groups -OCH3 is 1. The number of carbonyl (C=O) groups is 2. The Morgan fingerprint density at radius 1 is 1.25 bits per heavy atom. The van der Waals surface area contributed by atoms with Crippen molar-refractivity contribution in [2.45, 2.75) is 38.9 Å². The van der Waals surface area contributed by atoms with Crippen LogP contribution in [0.1, 0.15) is 31.7 Å². The van der Waals surface area contributed by atoms with Crippen molar-refractivity contribution < 1.29 is 19.1 Å². The van der Waals surface area contributed by atoms with E-state index in [1.54, 1.807) is 14.0 Å². The number of benzene rings is 1. The molecule has 0 spiro atoms. The predicted octanol–water partition coefficient (Wildman–Crippen LogP) is 1.73. The van der Waals surface area contributed by atoms with Gasteiger partial charge < -0.3 is 19.7 Å². The lowest BCUT2D eigenvalue weighted by Gasteiger charge is -2.27. The van der Waals surface area contributed by atoms with Crippen molar-refractivity contribution in [3.05, 3.63) is 29.8 Å². The van der Waals surface area contributed by atoms with E-state index in [-0.39, 0.29) is 18.4 Å². The molecule has 2 rings (SSSR count). The van der Waals surface area contributed by atoms with Crippen molar-refractivity contribution in [2.75, 3.05) is 26.7 Å². The van der Waals surface area contributed by atoms with Crippen molar-refractivity contribution in [1.29, 1.82) is 0 Å². The zero-order valence-electron chi connectivity index (χ0n) is 14.4. The summed E-state index contributed by atoms with van der Waals surface area (Å²) in [6.45, 7) is 3.60. The van der Waals surface area contributed by atoms with E-state index in [9.17, 15) is 9.59 Å². The van der Waals surface area contributed by atoms with Gasteiger partial charge in [0.25, 0.3) is 0 Å². The number of nitrogens with one attached hydrogen (secondary N) is 1. The summed E-state index contributed by atoms with van der Waals surface area (Å²) in [5.41, 5.74) is 0.929. The highest BCUT2D eigenvalue weighted by molar-refractivity contribution is 5.86. The molecule has 0 radical (unpaired) electrons. The van der Waals surface area contributed by atoms with Gasteiger partial charge in [0, 0.05) is 13.1 Å². The minimum atomic E-state index is -0.620. The van der Waals surface area contributed by atoms with E-state index in [1.165, 1.54) is 6.42 Å². The number of ether oxygens (including phenoxy) is 2. The summed E-state index contributed by atoms with van der Waals surface area (Å²) in [5.74, 6) is 0.451. The van der Waals surface area contributed by atoms with E-state index in [1.807, 2.05) is 29.2 Å². The lowest BCUT2D eigenvalue weighted by molar-refractivity contribution is -0.137. The van der Waals surface area contributed by atoms with Gasteiger partial charge in [0.1, 0.15) is 11.9 Å². The fourth-order valence-corrected chi connectivity index (χ4v) is 2.62. The molecule has 1 fully saturated rings. The van der Waals surface area contributed by atoms with Gasteiger partial charge in [0.15, 0.2) is 0 Å². The molecule has 1 aromatic rings. The third-order valence-electron chi connectivity index (χ3n) is 4.13. The summed E-state index contributed by atoms with van der Waals surface area (Å²) < 4.78 is 10.7. The van der Waals surface area contributed by atoms with E-state index in [0.29, 0.717) is 6.61 Å². The van der Waals surface area contributed by atoms with Crippen LogP contribution < -0.4 is 10.1 Å². The summed E-state index contributed by atoms with van der Waals surface area (Å²) in [6, 6.07) is 7.50. The molecule has 2 amide bonds. The maximum Gasteiger partial charge on any atom is 0.249 e. The normalized spacial score (nSPS) is 15.7. The van der Waals surface area contributed by atoms with Gasteiger partial charge in [0.2, 0.25) is 11.8 Å². The average molecular weight is 334 g/mol. The lowest BCUT2D eigenvalue weighted by atomic mass is 10.1. The molecule has 1 heterocycles. The summed E-state index contributed by atoms with van der Waals surface area (Å²) in [7, 11) is 1.61. The van der Waals surface area contributed by atoms with Gasteiger partial charge in [-0.15, -0.1) is 0 Å². The molecule has 0 aromatic heterocycles. The molecule has 1 aliphatic rings. The third kappa shape index (κ3) is 5.53. The first-order valence-corrected chi connectivity index (χ1v) is 8.40. The predicted molar refractivity (Wildman–Crippen MR) is 90.7 cm³/mol. The molecular weight excluding hydrogens is 308 g/mol. The zero-order chi connectivity index (χ0) is 17.4. The van der Waals surface area contributed by atoms with E-state index < -0.39 is 6.10 Å². The van der Waals surface area contributed by atoms with Crippen LogP contribution in [0.3, 0.4) is 0 Å². The molecular formula is C18H26N2O4. The number of amides is 2. The lowest BCUT2D eigenvalue weighted by Crippen LogP contribution is -2.44. The number of hydrogen-bond acceptors (Lipinski definition) is 4. The van der Waals surface area contributed by atoms with Gasteiger partial charge in [-0.1, -0.05) is 12.1 Å². The second-order valence-corrected chi connectivity index (χ2v) is 5.96. The summed E-state index contributed by atoms with van der Waals surface area (Å²) in [5, 5.41) is 2.66. The Labute approximate surface area is 143 Å². The molecule has 1 unspecified atom stereocenters. The molecule has 0 saturated carbocycles. The SMILES string of the molecule is COc1cccc(COC(C)C(=O)NCC(=O)N2CCCCC2)c1. The van der Waals surface area contributed by atoms with Crippen LogP contribution in [0.4, 0.5) is 0 Å². The smallest absolute Gasteiger partial charge is 0.249 e. The van der Waals surface area contributed by atoms with Crippen LogP contribution in [0.2, 0.25) is 0 Å². The average Bonchev–Trinajstić information content (AvgIpc) is 2.64. The first kappa shape index (κ1) is 18.3. The maximum atomic E-state index is 12.0. The highest BCUT2D eigenvalue weighted by Crippen LogP contribution is 2.14. The third-order valence-corrected chi connectivity index (χ3v) is 4.13. The van der Waals surface area contributed by atoms with Crippen LogP contribution >= 0.6 is 0 Å². The fourth-order valence-electron chi connectivity index (χ4n) is 2.62. The quantitative estimate of drug-likeness (QED) is 0.824. The summed E-state index contributed by atoms with van der Waals surface area (Å²) >= 11 is 0. The largest absolute Gasteiger partial charge is 0.497 e. The second-order valence-electron chi connectivity index (χ2n) is 5.96. The molecule has 1 aromatic carbocycles. The van der Waals surface area contributed by atoms with E-state index >= 15 is 0 Å². The fraction of sp³-hybridized carbons (Fsp3) is 0.556. The molecule has 1 atom stereocenters. The van der Waals surface area contributed by atoms with Crippen molar-refractivity contribution in [1.82, 2.24) is 10.2 Å². The van der Waals surface area contributed by atoms with Crippen molar-refractivity contribution >= 4 is 11.8 Å². The Morgan fingerprint density at radius 2 is 2.00 bits per heavy atom. The van der Waals surface area contributed by atoms with Gasteiger partial charge in [-0.3, -0.25) is 9.59 Å². The molecule has 1 aliphatic heterocycles. The van der Waals surface area contributed by atoms with Gasteiger partial charge >= 0.3 is 0 Å². The van der Waals surface area contributed by atoms with Crippen molar-refractivity contribution in [3.63, 3.8) is 0 Å². The van der Waals surface area contributed by atoms with Gasteiger partial charge in [-0.25, -0.2) is 0 Å². The van der Waals surface area contributed by atoms with Gasteiger partial charge in [0.05, 0.1) is 20.3 Å². The van der Waals surface area contributed by atoms with Gasteiger partial charge in [-0.2, -0.15) is 0 Å². The Hall–Kier alpha value is -2.08. The van der Waals surface area contributed by atoms with E-state index in [4.69, 9.17) is 9.47 Å². The molecule has 24 heavy (non-hydrogen) atoms. The molecule has 0 bridgehead atoms. The van der Waals surface area contributed by atoms with E-state index in [2.05, 4.69) is 5.32 Å². The number of piperidine rings is 1. The molecule has 0 aliphatic carbocycles. The molecule has 1 saturated heterocycles. The minimum absolute atomic E-state index is 0.0250. The van der Waals surface area contributed by atoms with Crippen LogP contribution in [0.25, 0.3) is 0 Å². The van der Waals surface area contributed by atoms with Crippen LogP contribution in [0.5, 0.6) is 5.75 Å². The number of nitrogens with zero attached hydrogens (tertiary/aromatic N) is 1. The molecule has 132 valence electrons. The maximum absolute atomic E-state index is 12.0. The second kappa shape index (κ2) is 9.27. The van der Waals surface area contributed by atoms with Gasteiger partial charge in [-0.05, 0) is 43.9 Å². The zero-order valence-corrected chi connectivity index (χ0v) is 14.4. The topological polar surface area (TPSA) is 67.9 Å². The minimum Gasteiger partial charge on any atom is -0.497 e. The Balaban J connectivity index is 1.72. The highest BCUT2D eigenvalue weighted by Gasteiger charge is 2.19. The van der Waals surface area contributed by atoms with E-state index in [0.717, 1.165) is 37.2 Å². The summed E-state index contributed by atoms with van der Waals surface area (Å²) in [6.07, 6.45) is 2.63. The Kier molecular flexibility index (Phi) is 7.06. The van der Waals surface area contributed by atoms with Crippen molar-refractivity contribution in [3.8, 4) is 5.75 Å². The van der Waals surface area contributed by atoms with Crippen LogP contribution in [0, 0.1) is 0 Å². The standard InChI is InChI=1S/C18H26N2O4/c1-14(24-13-15-7-6-8-16(11-15)23-2)18(22)19-12-17(21)20-9-4-3-5-10-20/h6-8,11,14H,3-5,9-10,12-13H2,1-2H3,(H,19,22). The number of likely N-dealkylation sites (tertiary alicyclic amines) is 1. The van der Waals surface area contributed by atoms with Crippen LogP contribution in [-0.2, 0) is 20.9 Å². The van der Waals surface area contributed by atoms with Crippen molar-refractivity contribution in [2.24, 2.45) is 0 Å². The Morgan fingerprint density at radius 3 is 2.71 bits per heavy atom. The number of hydrogen-bond donors (Lipinski definition) is 1. The number of carbonyl (C=O) groups excluding carboxylic acids is 2. The number of rotatable bonds is 7. The molecule has 6 nitrogen and oxygen atoms in total.